The number of aromatic nitrogens is 3. The third-order valence-electron chi connectivity index (χ3n) is 13.0. The smallest absolute Gasteiger partial charge is 0.203 e. The first-order valence-electron chi connectivity index (χ1n) is 20.5. The lowest BCUT2D eigenvalue weighted by atomic mass is 9.81. The molecule has 0 unspecified atom stereocenters. The highest BCUT2D eigenvalue weighted by molar-refractivity contribution is 7.21. The molecule has 0 saturated carbocycles. The highest BCUT2D eigenvalue weighted by Gasteiger charge is 2.51. The number of fused-ring (bicyclic) bond motifs is 10. The zero-order chi connectivity index (χ0) is 39.3. The molecule has 59 heavy (non-hydrogen) atoms. The average molecular weight is 770 g/mol. The monoisotopic (exact) mass is 769 g/mol. The van der Waals surface area contributed by atoms with Gasteiger partial charge in [-0.05, 0) is 61.6 Å². The second kappa shape index (κ2) is 12.7. The fourth-order valence-corrected chi connectivity index (χ4v) is 15.6. The van der Waals surface area contributed by atoms with Crippen molar-refractivity contribution in [3.8, 4) is 50.6 Å². The Kier molecular flexibility index (Phi) is 7.29. The molecule has 12 rings (SSSR count). The van der Waals surface area contributed by atoms with Gasteiger partial charge < -0.3 is 4.57 Å². The Morgan fingerprint density at radius 2 is 1.12 bits per heavy atom. The summed E-state index contributed by atoms with van der Waals surface area (Å²) in [6.45, 7) is 4.77. The summed E-state index contributed by atoms with van der Waals surface area (Å²) in [5.74, 6) is 0.746. The van der Waals surface area contributed by atoms with Crippen LogP contribution in [-0.4, -0.2) is 22.6 Å². The van der Waals surface area contributed by atoms with Gasteiger partial charge >= 0.3 is 0 Å². The molecule has 1 aliphatic heterocycles. The summed E-state index contributed by atoms with van der Waals surface area (Å²) in [6, 6.07) is 73.3. The molecule has 0 bridgehead atoms. The second-order valence-corrected chi connectivity index (χ2v) is 20.1. The van der Waals surface area contributed by atoms with Gasteiger partial charge in [0.2, 0.25) is 8.07 Å². The first-order valence-corrected chi connectivity index (χ1v) is 22.5. The van der Waals surface area contributed by atoms with Crippen LogP contribution in [0.5, 0.6) is 0 Å². The Morgan fingerprint density at radius 1 is 0.492 bits per heavy atom. The van der Waals surface area contributed by atoms with Gasteiger partial charge in [0.15, 0.2) is 5.82 Å². The van der Waals surface area contributed by atoms with Crippen LogP contribution in [0.3, 0.4) is 0 Å². The lowest BCUT2D eigenvalue weighted by Gasteiger charge is -2.30. The summed E-state index contributed by atoms with van der Waals surface area (Å²) in [5, 5.41) is 7.65. The Morgan fingerprint density at radius 3 is 1.88 bits per heavy atom. The van der Waals surface area contributed by atoms with Crippen molar-refractivity contribution in [1.29, 1.82) is 0 Å². The number of nitrogens with zero attached hydrogens (tertiary/aromatic N) is 3. The van der Waals surface area contributed by atoms with Gasteiger partial charge in [0.05, 0.1) is 22.0 Å². The predicted molar refractivity (Wildman–Crippen MR) is 247 cm³/mol. The minimum absolute atomic E-state index is 0.181. The molecule has 2 aliphatic rings. The number of hydrogen-bond acceptors (Lipinski definition) is 2. The predicted octanol–water partition coefficient (Wildman–Crippen LogP) is 10.6. The summed E-state index contributed by atoms with van der Waals surface area (Å²) in [4.78, 5) is 11.3. The third kappa shape index (κ3) is 4.69. The molecule has 0 saturated heterocycles. The van der Waals surface area contributed by atoms with Crippen LogP contribution in [0.1, 0.15) is 25.0 Å². The maximum atomic E-state index is 5.71. The van der Waals surface area contributed by atoms with E-state index in [0.29, 0.717) is 0 Å². The Bertz CT molecular complexity index is 3250. The SMILES string of the molecule is CC1(C)c2ccccc2-c2ccc3c4ccccc4n(-c4cccc(-c5nc(-c6ccccc6)nc6c5-c5ccccc5[Si]6(c5ccccc5)c5ccccc5)c4)c3c21. The molecule has 3 nitrogen and oxygen atoms in total. The van der Waals surface area contributed by atoms with Crippen LogP contribution in [0.15, 0.2) is 200 Å². The Balaban J connectivity index is 1.18. The zero-order valence-electron chi connectivity index (χ0n) is 32.9. The number of benzene rings is 8. The minimum Gasteiger partial charge on any atom is -0.309 e. The van der Waals surface area contributed by atoms with Gasteiger partial charge in [0.25, 0.3) is 0 Å². The van der Waals surface area contributed by atoms with Gasteiger partial charge in [-0.2, -0.15) is 0 Å². The van der Waals surface area contributed by atoms with Crippen LogP contribution in [0.4, 0.5) is 0 Å². The molecule has 3 heterocycles. The van der Waals surface area contributed by atoms with Crippen LogP contribution in [-0.2, 0) is 5.41 Å². The molecule has 0 fully saturated rings. The topological polar surface area (TPSA) is 30.7 Å². The van der Waals surface area contributed by atoms with Crippen LogP contribution >= 0.6 is 0 Å². The van der Waals surface area contributed by atoms with Crippen molar-refractivity contribution in [2.75, 3.05) is 0 Å². The van der Waals surface area contributed by atoms with E-state index in [1.807, 2.05) is 0 Å². The average Bonchev–Trinajstić information content (AvgIpc) is 3.88. The van der Waals surface area contributed by atoms with E-state index >= 15 is 0 Å². The van der Waals surface area contributed by atoms with Gasteiger partial charge in [0.1, 0.15) is 0 Å². The van der Waals surface area contributed by atoms with E-state index in [-0.39, 0.29) is 5.41 Å². The first kappa shape index (κ1) is 33.9. The summed E-state index contributed by atoms with van der Waals surface area (Å²) in [7, 11) is -2.91. The Hall–Kier alpha value is -7.14. The molecule has 8 aromatic carbocycles. The summed E-state index contributed by atoms with van der Waals surface area (Å²) in [6.07, 6.45) is 0. The third-order valence-corrected chi connectivity index (χ3v) is 17.8. The fraction of sp³-hybridized carbons (Fsp3) is 0.0545. The lowest BCUT2D eigenvalue weighted by Crippen LogP contribution is -2.73. The van der Waals surface area contributed by atoms with E-state index in [1.54, 1.807) is 0 Å². The van der Waals surface area contributed by atoms with E-state index in [4.69, 9.17) is 9.97 Å². The van der Waals surface area contributed by atoms with Crippen LogP contribution in [0, 0.1) is 0 Å². The first-order chi connectivity index (χ1) is 29.0. The van der Waals surface area contributed by atoms with Crippen molar-refractivity contribution in [1.82, 2.24) is 14.5 Å². The number of para-hydroxylation sites is 1. The molecule has 0 atom stereocenters. The summed E-state index contributed by atoms with van der Waals surface area (Å²) in [5.41, 5.74) is 14.2. The molecule has 4 heteroatoms. The molecule has 10 aromatic rings. The van der Waals surface area contributed by atoms with Gasteiger partial charge in [-0.3, -0.25) is 0 Å². The van der Waals surface area contributed by atoms with Crippen molar-refractivity contribution >= 4 is 50.8 Å². The highest BCUT2D eigenvalue weighted by Crippen LogP contribution is 2.53. The molecule has 0 radical (unpaired) electrons. The fourth-order valence-electron chi connectivity index (χ4n) is 10.6. The number of rotatable bonds is 5. The Labute approximate surface area is 345 Å². The lowest BCUT2D eigenvalue weighted by molar-refractivity contribution is 0.664. The van der Waals surface area contributed by atoms with E-state index in [1.165, 1.54) is 65.2 Å². The van der Waals surface area contributed by atoms with Crippen molar-refractivity contribution in [2.24, 2.45) is 0 Å². The normalized spacial score (nSPS) is 14.2. The molecule has 0 spiro atoms. The van der Waals surface area contributed by atoms with Gasteiger partial charge in [-0.25, -0.2) is 9.97 Å². The van der Waals surface area contributed by atoms with E-state index in [2.05, 4.69) is 219 Å². The van der Waals surface area contributed by atoms with E-state index < -0.39 is 8.07 Å². The van der Waals surface area contributed by atoms with Gasteiger partial charge in [-0.15, -0.1) is 0 Å². The summed E-state index contributed by atoms with van der Waals surface area (Å²) >= 11 is 0. The molecular weight excluding hydrogens is 731 g/mol. The maximum Gasteiger partial charge on any atom is 0.203 e. The zero-order valence-corrected chi connectivity index (χ0v) is 33.9. The van der Waals surface area contributed by atoms with E-state index in [0.717, 1.165) is 39.2 Å². The molecule has 278 valence electrons. The van der Waals surface area contributed by atoms with Crippen LogP contribution in [0.25, 0.3) is 72.4 Å². The standard InChI is InChI=1S/C55H39N3Si/c1-55(2)46-30-15-12-27-41(46)43-33-34-44-42-28-13-16-31-47(42)58(52(44)50(43)55)38-22-18-21-37(35-38)51-49-45-29-14-17-32-48(45)59(39-23-8-4-9-24-39,40-25-10-5-11-26-40)54(49)57-53(56-51)36-19-6-3-7-20-36/h3-35H,1-2H3. The van der Waals surface area contributed by atoms with Crippen LogP contribution in [0.2, 0.25) is 0 Å². The van der Waals surface area contributed by atoms with Gasteiger partial charge in [0, 0.05) is 38.6 Å². The quantitative estimate of drug-likeness (QED) is 0.163. The molecule has 1 aliphatic carbocycles. The van der Waals surface area contributed by atoms with Crippen molar-refractivity contribution in [2.45, 2.75) is 19.3 Å². The van der Waals surface area contributed by atoms with Crippen LogP contribution < -0.4 is 20.9 Å². The minimum atomic E-state index is -2.91. The summed E-state index contributed by atoms with van der Waals surface area (Å²) < 4.78 is 2.51. The largest absolute Gasteiger partial charge is 0.309 e. The maximum absolute atomic E-state index is 5.71. The molecular formula is C55H39N3Si. The van der Waals surface area contributed by atoms with Crippen molar-refractivity contribution < 1.29 is 0 Å². The highest BCUT2D eigenvalue weighted by atomic mass is 28.3. The van der Waals surface area contributed by atoms with E-state index in [9.17, 15) is 0 Å². The second-order valence-electron chi connectivity index (χ2n) is 16.5. The molecule has 0 N–H and O–H groups in total. The van der Waals surface area contributed by atoms with Gasteiger partial charge in [-0.1, -0.05) is 196 Å². The number of hydrogen-bond donors (Lipinski definition) is 0. The molecule has 2 aromatic heterocycles. The van der Waals surface area contributed by atoms with Crippen molar-refractivity contribution in [3.63, 3.8) is 0 Å². The molecule has 0 amide bonds. The van der Waals surface area contributed by atoms with Crippen molar-refractivity contribution in [3.05, 3.63) is 211 Å².